The van der Waals surface area contributed by atoms with Gasteiger partial charge in [0.05, 0.1) is 6.61 Å². The average Bonchev–Trinajstić information content (AvgIpc) is 2.67. The highest BCUT2D eigenvalue weighted by atomic mass is 16.5. The summed E-state index contributed by atoms with van der Waals surface area (Å²) in [6.07, 6.45) is 5.12. The van der Waals surface area contributed by atoms with Crippen molar-refractivity contribution in [2.75, 3.05) is 6.61 Å². The van der Waals surface area contributed by atoms with E-state index >= 15 is 0 Å². The molecule has 2 aliphatic carbocycles. The molecule has 1 saturated carbocycles. The zero-order valence-electron chi connectivity index (χ0n) is 8.95. The van der Waals surface area contributed by atoms with Gasteiger partial charge in [-0.05, 0) is 18.8 Å². The summed E-state index contributed by atoms with van der Waals surface area (Å²) in [6, 6.07) is 0. The Kier molecular flexibility index (Phi) is 2.62. The SMILES string of the molecule is CC(C)COC1=CC(=O)[C@@H]2CCCC12. The highest BCUT2D eigenvalue weighted by Crippen LogP contribution is 2.42. The fraction of sp³-hybridized carbons (Fsp3) is 0.750. The van der Waals surface area contributed by atoms with Crippen molar-refractivity contribution in [3.8, 4) is 0 Å². The molecule has 2 atom stereocenters. The zero-order valence-corrected chi connectivity index (χ0v) is 8.95. The molecule has 14 heavy (non-hydrogen) atoms. The van der Waals surface area contributed by atoms with Gasteiger partial charge in [0.2, 0.25) is 0 Å². The van der Waals surface area contributed by atoms with E-state index in [9.17, 15) is 4.79 Å². The monoisotopic (exact) mass is 194 g/mol. The van der Waals surface area contributed by atoms with Gasteiger partial charge >= 0.3 is 0 Å². The predicted octanol–water partition coefficient (Wildman–Crippen LogP) is 2.54. The first kappa shape index (κ1) is 9.75. The molecule has 2 aliphatic rings. The third kappa shape index (κ3) is 1.70. The number of allylic oxidation sites excluding steroid dienone is 2. The molecule has 2 rings (SSSR count). The molecule has 0 aromatic heterocycles. The Morgan fingerprint density at radius 3 is 2.86 bits per heavy atom. The van der Waals surface area contributed by atoms with Gasteiger partial charge in [0.1, 0.15) is 5.76 Å². The van der Waals surface area contributed by atoms with Crippen LogP contribution in [0.2, 0.25) is 0 Å². The predicted molar refractivity (Wildman–Crippen MR) is 54.7 cm³/mol. The van der Waals surface area contributed by atoms with Crippen molar-refractivity contribution in [2.24, 2.45) is 17.8 Å². The Morgan fingerprint density at radius 2 is 2.14 bits per heavy atom. The van der Waals surface area contributed by atoms with Crippen LogP contribution in [0.5, 0.6) is 0 Å². The van der Waals surface area contributed by atoms with Crippen LogP contribution in [0.1, 0.15) is 33.1 Å². The standard InChI is InChI=1S/C12H18O2/c1-8(2)7-14-12-6-11(13)9-4-3-5-10(9)12/h6,8-10H,3-5,7H2,1-2H3/t9-,10?/m1/s1. The van der Waals surface area contributed by atoms with E-state index in [0.29, 0.717) is 17.6 Å². The molecule has 1 unspecified atom stereocenters. The first-order valence-corrected chi connectivity index (χ1v) is 5.56. The summed E-state index contributed by atoms with van der Waals surface area (Å²) in [5.41, 5.74) is 0. The summed E-state index contributed by atoms with van der Waals surface area (Å²) in [5.74, 6) is 2.47. The minimum atomic E-state index is 0.261. The van der Waals surface area contributed by atoms with E-state index in [-0.39, 0.29) is 5.92 Å². The Labute approximate surface area is 85.3 Å². The fourth-order valence-corrected chi connectivity index (χ4v) is 2.41. The van der Waals surface area contributed by atoms with Gasteiger partial charge in [-0.15, -0.1) is 0 Å². The van der Waals surface area contributed by atoms with Gasteiger partial charge in [0, 0.05) is 17.9 Å². The molecule has 78 valence electrons. The lowest BCUT2D eigenvalue weighted by atomic mass is 9.98. The van der Waals surface area contributed by atoms with Crippen LogP contribution in [-0.2, 0) is 9.53 Å². The fourth-order valence-electron chi connectivity index (χ4n) is 2.41. The van der Waals surface area contributed by atoms with Gasteiger partial charge in [0.15, 0.2) is 5.78 Å². The largest absolute Gasteiger partial charge is 0.497 e. The summed E-state index contributed by atoms with van der Waals surface area (Å²) in [4.78, 5) is 11.6. The van der Waals surface area contributed by atoms with Crippen LogP contribution < -0.4 is 0 Å². The van der Waals surface area contributed by atoms with Gasteiger partial charge in [-0.1, -0.05) is 20.3 Å². The summed E-state index contributed by atoms with van der Waals surface area (Å²) >= 11 is 0. The van der Waals surface area contributed by atoms with Crippen LogP contribution in [-0.4, -0.2) is 12.4 Å². The first-order chi connectivity index (χ1) is 6.68. The quantitative estimate of drug-likeness (QED) is 0.690. The van der Waals surface area contributed by atoms with E-state index in [4.69, 9.17) is 4.74 Å². The van der Waals surface area contributed by atoms with E-state index in [1.54, 1.807) is 6.08 Å². The van der Waals surface area contributed by atoms with E-state index in [2.05, 4.69) is 13.8 Å². The van der Waals surface area contributed by atoms with E-state index in [0.717, 1.165) is 25.2 Å². The molecule has 0 radical (unpaired) electrons. The number of fused-ring (bicyclic) bond motifs is 1. The molecule has 2 nitrogen and oxygen atoms in total. The van der Waals surface area contributed by atoms with Crippen LogP contribution in [0.25, 0.3) is 0 Å². The smallest absolute Gasteiger partial charge is 0.162 e. The van der Waals surface area contributed by atoms with Gasteiger partial charge in [-0.3, -0.25) is 4.79 Å². The molecule has 1 fully saturated rings. The highest BCUT2D eigenvalue weighted by Gasteiger charge is 2.40. The van der Waals surface area contributed by atoms with Crippen molar-refractivity contribution < 1.29 is 9.53 Å². The lowest BCUT2D eigenvalue weighted by molar-refractivity contribution is -0.117. The van der Waals surface area contributed by atoms with Gasteiger partial charge in [0.25, 0.3) is 0 Å². The molecule has 0 aromatic carbocycles. The van der Waals surface area contributed by atoms with Gasteiger partial charge < -0.3 is 4.74 Å². The Morgan fingerprint density at radius 1 is 1.43 bits per heavy atom. The molecule has 2 heteroatoms. The number of hydrogen-bond donors (Lipinski definition) is 0. The molecular weight excluding hydrogens is 176 g/mol. The number of hydrogen-bond acceptors (Lipinski definition) is 2. The van der Waals surface area contributed by atoms with Crippen molar-refractivity contribution in [2.45, 2.75) is 33.1 Å². The zero-order chi connectivity index (χ0) is 10.1. The Bertz CT molecular complexity index is 265. The summed E-state index contributed by atoms with van der Waals surface area (Å²) in [5, 5.41) is 0. The summed E-state index contributed by atoms with van der Waals surface area (Å²) < 4.78 is 5.69. The molecule has 0 saturated heterocycles. The second kappa shape index (κ2) is 3.76. The third-order valence-electron chi connectivity index (χ3n) is 3.11. The maximum absolute atomic E-state index is 11.6. The Hall–Kier alpha value is -0.790. The van der Waals surface area contributed by atoms with E-state index < -0.39 is 0 Å². The number of ether oxygens (including phenoxy) is 1. The van der Waals surface area contributed by atoms with Crippen molar-refractivity contribution in [1.82, 2.24) is 0 Å². The molecule has 0 N–H and O–H groups in total. The summed E-state index contributed by atoms with van der Waals surface area (Å²) in [7, 11) is 0. The molecule has 0 bridgehead atoms. The van der Waals surface area contributed by atoms with Crippen molar-refractivity contribution >= 4 is 5.78 Å². The topological polar surface area (TPSA) is 26.3 Å². The minimum absolute atomic E-state index is 0.261. The maximum Gasteiger partial charge on any atom is 0.162 e. The lowest BCUT2D eigenvalue weighted by Crippen LogP contribution is -2.12. The average molecular weight is 194 g/mol. The maximum atomic E-state index is 11.6. The van der Waals surface area contributed by atoms with Crippen LogP contribution in [0.4, 0.5) is 0 Å². The molecule has 0 amide bonds. The van der Waals surface area contributed by atoms with E-state index in [1.165, 1.54) is 6.42 Å². The van der Waals surface area contributed by atoms with Crippen molar-refractivity contribution in [3.05, 3.63) is 11.8 Å². The third-order valence-corrected chi connectivity index (χ3v) is 3.11. The van der Waals surface area contributed by atoms with Gasteiger partial charge in [-0.25, -0.2) is 0 Å². The van der Waals surface area contributed by atoms with Crippen molar-refractivity contribution in [3.63, 3.8) is 0 Å². The molecule has 0 aromatic rings. The lowest BCUT2D eigenvalue weighted by Gasteiger charge is -2.15. The molecule has 0 aliphatic heterocycles. The number of ketones is 1. The molecule has 0 spiro atoms. The van der Waals surface area contributed by atoms with Crippen LogP contribution in [0, 0.1) is 17.8 Å². The normalized spacial score (nSPS) is 30.8. The molecule has 0 heterocycles. The van der Waals surface area contributed by atoms with Crippen LogP contribution in [0.15, 0.2) is 11.8 Å². The minimum Gasteiger partial charge on any atom is -0.497 e. The number of carbonyl (C=O) groups is 1. The van der Waals surface area contributed by atoms with Gasteiger partial charge in [-0.2, -0.15) is 0 Å². The van der Waals surface area contributed by atoms with Crippen LogP contribution >= 0.6 is 0 Å². The summed E-state index contributed by atoms with van der Waals surface area (Å²) in [6.45, 7) is 5.00. The Balaban J connectivity index is 1.98. The second-order valence-electron chi connectivity index (χ2n) is 4.80. The highest BCUT2D eigenvalue weighted by molar-refractivity contribution is 5.95. The van der Waals surface area contributed by atoms with Crippen molar-refractivity contribution in [1.29, 1.82) is 0 Å². The van der Waals surface area contributed by atoms with E-state index in [1.807, 2.05) is 0 Å². The number of carbonyl (C=O) groups excluding carboxylic acids is 1. The number of rotatable bonds is 3. The second-order valence-corrected chi connectivity index (χ2v) is 4.80. The first-order valence-electron chi connectivity index (χ1n) is 5.56. The molecular formula is C12H18O2. The van der Waals surface area contributed by atoms with Crippen LogP contribution in [0.3, 0.4) is 0 Å².